The zero-order chi connectivity index (χ0) is 30.0. The Balaban J connectivity index is 1.58. The molecule has 1 spiro atoms. The van der Waals surface area contributed by atoms with Crippen molar-refractivity contribution in [1.29, 1.82) is 0 Å². The third kappa shape index (κ3) is 3.69. The van der Waals surface area contributed by atoms with E-state index in [1.807, 2.05) is 48.2 Å². The van der Waals surface area contributed by atoms with Crippen molar-refractivity contribution in [2.45, 2.75) is 24.9 Å². The van der Waals surface area contributed by atoms with Gasteiger partial charge in [-0.1, -0.05) is 71.8 Å². The first kappa shape index (κ1) is 27.2. The van der Waals surface area contributed by atoms with Crippen molar-refractivity contribution in [3.05, 3.63) is 129 Å². The van der Waals surface area contributed by atoms with Gasteiger partial charge < -0.3 is 14.4 Å². The van der Waals surface area contributed by atoms with E-state index < -0.39 is 23.4 Å². The van der Waals surface area contributed by atoms with Crippen LogP contribution in [0, 0.1) is 12.3 Å². The second kappa shape index (κ2) is 9.96. The molecule has 214 valence electrons. The summed E-state index contributed by atoms with van der Waals surface area (Å²) in [7, 11) is 3.06. The van der Waals surface area contributed by atoms with Gasteiger partial charge in [-0.3, -0.25) is 14.4 Å². The Morgan fingerprint density at radius 3 is 2.21 bits per heavy atom. The molecule has 0 radical (unpaired) electrons. The number of benzene rings is 4. The molecule has 0 amide bonds. The van der Waals surface area contributed by atoms with Crippen LogP contribution in [0.15, 0.2) is 91.0 Å². The van der Waals surface area contributed by atoms with Crippen LogP contribution in [0.4, 0.5) is 5.69 Å². The summed E-state index contributed by atoms with van der Waals surface area (Å²) in [5.74, 6) is -0.927. The number of halogens is 1. The lowest BCUT2D eigenvalue weighted by atomic mass is 9.64. The lowest BCUT2D eigenvalue weighted by Gasteiger charge is -2.37. The fourth-order valence-electron chi connectivity index (χ4n) is 7.38. The highest BCUT2D eigenvalue weighted by molar-refractivity contribution is 6.32. The fourth-order valence-corrected chi connectivity index (χ4v) is 7.51. The molecular weight excluding hydrogens is 562 g/mol. The van der Waals surface area contributed by atoms with E-state index in [0.29, 0.717) is 38.8 Å². The molecule has 6 nitrogen and oxygen atoms in total. The van der Waals surface area contributed by atoms with Crippen molar-refractivity contribution in [2.24, 2.45) is 5.41 Å². The van der Waals surface area contributed by atoms with Gasteiger partial charge >= 0.3 is 0 Å². The van der Waals surface area contributed by atoms with Crippen molar-refractivity contribution in [3.63, 3.8) is 0 Å². The molecule has 4 aromatic carbocycles. The van der Waals surface area contributed by atoms with Crippen molar-refractivity contribution < 1.29 is 23.9 Å². The summed E-state index contributed by atoms with van der Waals surface area (Å²) in [6, 6.07) is 23.4. The van der Waals surface area contributed by atoms with Crippen LogP contribution < -0.4 is 14.4 Å². The topological polar surface area (TPSA) is 72.9 Å². The number of aryl methyl sites for hydroxylation is 1. The number of carbonyl (C=O) groups is 3. The molecule has 1 aliphatic carbocycles. The highest BCUT2D eigenvalue weighted by atomic mass is 35.5. The van der Waals surface area contributed by atoms with Crippen LogP contribution in [0.5, 0.6) is 11.5 Å². The minimum Gasteiger partial charge on any atom is -0.493 e. The van der Waals surface area contributed by atoms with Gasteiger partial charge in [0.25, 0.3) is 0 Å². The number of hydrogen-bond donors (Lipinski definition) is 0. The molecule has 0 bridgehead atoms. The standard InChI is InChI=1S/C36H28ClNO5/c1-20-11-17-27-22(19-20)14-18-29-36(34(40)24-7-4-5-8-25(24)35(36)41)30(26-9-6-10-28(42-2)33(26)43-3)31(38(27)29)32(39)21-12-15-23(37)16-13-21/h4-19,29-31H,1-3H3/t29-,30-,31-/m1/s1. The summed E-state index contributed by atoms with van der Waals surface area (Å²) >= 11 is 6.20. The molecule has 0 aromatic heterocycles. The van der Waals surface area contributed by atoms with E-state index in [9.17, 15) is 14.4 Å². The van der Waals surface area contributed by atoms with Crippen molar-refractivity contribution in [2.75, 3.05) is 19.1 Å². The number of ketones is 3. The van der Waals surface area contributed by atoms with E-state index in [2.05, 4.69) is 0 Å². The Morgan fingerprint density at radius 1 is 0.860 bits per heavy atom. The molecule has 0 N–H and O–H groups in total. The van der Waals surface area contributed by atoms with Gasteiger partial charge in [-0.25, -0.2) is 0 Å². The van der Waals surface area contributed by atoms with Crippen LogP contribution in [0.1, 0.15) is 53.7 Å². The van der Waals surface area contributed by atoms with Crippen LogP contribution >= 0.6 is 11.6 Å². The van der Waals surface area contributed by atoms with Gasteiger partial charge in [0.15, 0.2) is 28.8 Å². The molecule has 4 aromatic rings. The summed E-state index contributed by atoms with van der Waals surface area (Å²) in [5.41, 5.74) is 2.82. The maximum absolute atomic E-state index is 14.9. The minimum absolute atomic E-state index is 0.230. The van der Waals surface area contributed by atoms with Gasteiger partial charge in [0.1, 0.15) is 11.5 Å². The molecule has 7 rings (SSSR count). The number of para-hydroxylation sites is 1. The van der Waals surface area contributed by atoms with Gasteiger partial charge in [0.05, 0.1) is 20.3 Å². The highest BCUT2D eigenvalue weighted by Crippen LogP contribution is 2.62. The molecule has 3 aliphatic rings. The smallest absolute Gasteiger partial charge is 0.185 e. The molecule has 2 aliphatic heterocycles. The van der Waals surface area contributed by atoms with Gasteiger partial charge in [-0.2, -0.15) is 0 Å². The van der Waals surface area contributed by atoms with Crippen molar-refractivity contribution in [1.82, 2.24) is 0 Å². The third-order valence-corrected chi connectivity index (χ3v) is 9.38. The largest absolute Gasteiger partial charge is 0.493 e. The van der Waals surface area contributed by atoms with Gasteiger partial charge in [0, 0.05) is 38.9 Å². The summed E-state index contributed by atoms with van der Waals surface area (Å²) in [4.78, 5) is 46.5. The normalized spacial score (nSPS) is 21.0. The summed E-state index contributed by atoms with van der Waals surface area (Å²) < 4.78 is 11.6. The number of methoxy groups -OCH3 is 2. The molecule has 1 saturated heterocycles. The molecular formula is C36H28ClNO5. The Hall–Kier alpha value is -4.68. The van der Waals surface area contributed by atoms with Gasteiger partial charge in [-0.15, -0.1) is 0 Å². The first-order valence-corrected chi connectivity index (χ1v) is 14.5. The first-order valence-electron chi connectivity index (χ1n) is 14.1. The maximum atomic E-state index is 14.9. The van der Waals surface area contributed by atoms with Crippen molar-refractivity contribution >= 4 is 40.7 Å². The van der Waals surface area contributed by atoms with E-state index in [-0.39, 0.29) is 17.3 Å². The zero-order valence-electron chi connectivity index (χ0n) is 23.8. The van der Waals surface area contributed by atoms with Crippen LogP contribution in [-0.4, -0.2) is 43.7 Å². The summed E-state index contributed by atoms with van der Waals surface area (Å²) in [6.45, 7) is 2.01. The van der Waals surface area contributed by atoms with Crippen molar-refractivity contribution in [3.8, 4) is 11.5 Å². The quantitative estimate of drug-likeness (QED) is 0.185. The number of Topliss-reactive ketones (excluding diaryl/α,β-unsaturated/α-hetero) is 3. The fraction of sp³-hybridized carbons (Fsp3) is 0.194. The van der Waals surface area contributed by atoms with Crippen LogP contribution in [-0.2, 0) is 0 Å². The lowest BCUT2D eigenvalue weighted by Crippen LogP contribution is -2.48. The molecule has 3 atom stereocenters. The number of fused-ring (bicyclic) bond motifs is 5. The average Bonchev–Trinajstić information content (AvgIpc) is 3.46. The molecule has 1 fully saturated rings. The van der Waals surface area contributed by atoms with Gasteiger partial charge in [0.2, 0.25) is 0 Å². The van der Waals surface area contributed by atoms with Crippen LogP contribution in [0.2, 0.25) is 5.02 Å². The van der Waals surface area contributed by atoms with E-state index in [1.165, 1.54) is 14.2 Å². The summed E-state index contributed by atoms with van der Waals surface area (Å²) in [6.07, 6.45) is 3.88. The second-order valence-electron chi connectivity index (χ2n) is 11.2. The van der Waals surface area contributed by atoms with Crippen LogP contribution in [0.3, 0.4) is 0 Å². The van der Waals surface area contributed by atoms with E-state index in [0.717, 1.165) is 16.8 Å². The Kier molecular flexibility index (Phi) is 6.29. The molecule has 43 heavy (non-hydrogen) atoms. The van der Waals surface area contributed by atoms with E-state index >= 15 is 0 Å². The number of anilines is 1. The predicted molar refractivity (Wildman–Crippen MR) is 166 cm³/mol. The highest BCUT2D eigenvalue weighted by Gasteiger charge is 2.72. The SMILES string of the molecule is COc1cccc([C@@H]2[C@H](C(=O)c3ccc(Cl)cc3)N3c4ccc(C)cc4C=C[C@@H]3C23C(=O)c2ccccc2C3=O)c1OC. The summed E-state index contributed by atoms with van der Waals surface area (Å²) in [5, 5.41) is 0.502. The molecule has 0 unspecified atom stereocenters. The van der Waals surface area contributed by atoms with Gasteiger partial charge in [-0.05, 0) is 55.0 Å². The second-order valence-corrected chi connectivity index (χ2v) is 11.7. The number of nitrogens with zero attached hydrogens (tertiary/aromatic N) is 1. The molecule has 0 saturated carbocycles. The number of carbonyl (C=O) groups excluding carboxylic acids is 3. The Labute approximate surface area is 254 Å². The maximum Gasteiger partial charge on any atom is 0.185 e. The Morgan fingerprint density at radius 2 is 1.56 bits per heavy atom. The Bertz CT molecular complexity index is 1830. The molecule has 7 heteroatoms. The minimum atomic E-state index is -1.64. The third-order valence-electron chi connectivity index (χ3n) is 9.13. The first-order chi connectivity index (χ1) is 20.8. The molecule has 2 heterocycles. The number of rotatable bonds is 5. The zero-order valence-corrected chi connectivity index (χ0v) is 24.6. The van der Waals surface area contributed by atoms with Crippen LogP contribution in [0.25, 0.3) is 6.08 Å². The lowest BCUT2D eigenvalue weighted by molar-refractivity contribution is 0.0664. The monoisotopic (exact) mass is 589 g/mol. The van der Waals surface area contributed by atoms with E-state index in [1.54, 1.807) is 60.7 Å². The predicted octanol–water partition coefficient (Wildman–Crippen LogP) is 6.98. The number of ether oxygens (including phenoxy) is 2. The number of hydrogen-bond acceptors (Lipinski definition) is 6. The van der Waals surface area contributed by atoms with E-state index in [4.69, 9.17) is 21.1 Å². The average molecular weight is 590 g/mol.